The van der Waals surface area contributed by atoms with Crippen molar-refractivity contribution in [1.29, 1.82) is 0 Å². The molecule has 1 atom stereocenters. The molecule has 7 heteroatoms. The maximum absolute atomic E-state index is 12.6. The van der Waals surface area contributed by atoms with Gasteiger partial charge in [0, 0.05) is 6.26 Å². The molecule has 1 N–H and O–H groups in total. The van der Waals surface area contributed by atoms with Crippen LogP contribution in [-0.2, 0) is 16.0 Å². The molecule has 0 bridgehead atoms. The first kappa shape index (κ1) is 14.0. The first-order chi connectivity index (χ1) is 7.61. The number of aliphatic hydroxyl groups is 1. The van der Waals surface area contributed by atoms with E-state index in [9.17, 15) is 26.7 Å². The molecule has 0 spiro atoms. The van der Waals surface area contributed by atoms with Gasteiger partial charge in [0.1, 0.15) is 9.84 Å². The zero-order chi connectivity index (χ0) is 13.3. The number of alkyl halides is 3. The van der Waals surface area contributed by atoms with Gasteiger partial charge < -0.3 is 5.11 Å². The van der Waals surface area contributed by atoms with Crippen molar-refractivity contribution in [2.45, 2.75) is 12.3 Å². The fraction of sp³-hybridized carbons (Fsp3) is 0.400. The molecule has 1 unspecified atom stereocenters. The van der Waals surface area contributed by atoms with Gasteiger partial charge >= 0.3 is 6.18 Å². The SMILES string of the molecule is CS(=O)(=O)CC(O)c1ccccc1C(F)(F)F. The van der Waals surface area contributed by atoms with E-state index in [2.05, 4.69) is 0 Å². The highest BCUT2D eigenvalue weighted by atomic mass is 32.2. The molecule has 1 aromatic rings. The predicted molar refractivity (Wildman–Crippen MR) is 56.1 cm³/mol. The van der Waals surface area contributed by atoms with Crippen molar-refractivity contribution in [3.8, 4) is 0 Å². The highest BCUT2D eigenvalue weighted by Gasteiger charge is 2.35. The number of hydrogen-bond donors (Lipinski definition) is 1. The third-order valence-corrected chi connectivity index (χ3v) is 3.01. The van der Waals surface area contributed by atoms with Crippen LogP contribution in [0.2, 0.25) is 0 Å². The molecule has 0 fully saturated rings. The summed E-state index contributed by atoms with van der Waals surface area (Å²) in [6.45, 7) is 0. The van der Waals surface area contributed by atoms with Gasteiger partial charge in [-0.15, -0.1) is 0 Å². The molecule has 0 aromatic heterocycles. The van der Waals surface area contributed by atoms with Crippen LogP contribution in [0.15, 0.2) is 24.3 Å². The topological polar surface area (TPSA) is 54.4 Å². The Morgan fingerprint density at radius 1 is 1.29 bits per heavy atom. The Hall–Kier alpha value is -1.08. The average Bonchev–Trinajstić information content (AvgIpc) is 2.13. The lowest BCUT2D eigenvalue weighted by atomic mass is 10.0. The van der Waals surface area contributed by atoms with Gasteiger partial charge in [-0.25, -0.2) is 8.42 Å². The molecule has 17 heavy (non-hydrogen) atoms. The molecule has 0 saturated carbocycles. The highest BCUT2D eigenvalue weighted by molar-refractivity contribution is 7.90. The van der Waals surface area contributed by atoms with Crippen molar-refractivity contribution < 1.29 is 26.7 Å². The number of hydrogen-bond acceptors (Lipinski definition) is 3. The Morgan fingerprint density at radius 3 is 2.29 bits per heavy atom. The number of aliphatic hydroxyl groups excluding tert-OH is 1. The zero-order valence-electron chi connectivity index (χ0n) is 8.90. The van der Waals surface area contributed by atoms with E-state index in [4.69, 9.17) is 0 Å². The largest absolute Gasteiger partial charge is 0.416 e. The van der Waals surface area contributed by atoms with Crippen molar-refractivity contribution in [2.24, 2.45) is 0 Å². The molecule has 0 heterocycles. The lowest BCUT2D eigenvalue weighted by molar-refractivity contribution is -0.139. The minimum atomic E-state index is -4.62. The van der Waals surface area contributed by atoms with Crippen LogP contribution in [0.3, 0.4) is 0 Å². The van der Waals surface area contributed by atoms with Crippen molar-refractivity contribution >= 4 is 9.84 Å². The second-order valence-corrected chi connectivity index (χ2v) is 5.88. The molecule has 0 amide bonds. The van der Waals surface area contributed by atoms with Gasteiger partial charge in [-0.1, -0.05) is 18.2 Å². The summed E-state index contributed by atoms with van der Waals surface area (Å²) in [6, 6.07) is 4.37. The van der Waals surface area contributed by atoms with E-state index in [1.165, 1.54) is 12.1 Å². The fourth-order valence-electron chi connectivity index (χ4n) is 1.42. The Balaban J connectivity index is 3.14. The number of benzene rings is 1. The first-order valence-electron chi connectivity index (χ1n) is 4.63. The Bertz CT molecular complexity index is 494. The summed E-state index contributed by atoms with van der Waals surface area (Å²) >= 11 is 0. The molecule has 0 saturated heterocycles. The van der Waals surface area contributed by atoms with Crippen molar-refractivity contribution in [1.82, 2.24) is 0 Å². The second kappa shape index (κ2) is 4.66. The first-order valence-corrected chi connectivity index (χ1v) is 6.69. The van der Waals surface area contributed by atoms with Crippen LogP contribution in [0.1, 0.15) is 17.2 Å². The maximum Gasteiger partial charge on any atom is 0.416 e. The highest BCUT2D eigenvalue weighted by Crippen LogP contribution is 2.34. The molecule has 3 nitrogen and oxygen atoms in total. The van der Waals surface area contributed by atoms with E-state index in [-0.39, 0.29) is 0 Å². The number of halogens is 3. The van der Waals surface area contributed by atoms with Gasteiger partial charge in [-0.05, 0) is 11.6 Å². The van der Waals surface area contributed by atoms with Crippen LogP contribution < -0.4 is 0 Å². The fourth-order valence-corrected chi connectivity index (χ4v) is 2.18. The van der Waals surface area contributed by atoms with Crippen molar-refractivity contribution in [3.05, 3.63) is 35.4 Å². The molecular weight excluding hydrogens is 257 g/mol. The number of sulfone groups is 1. The van der Waals surface area contributed by atoms with E-state index in [1.54, 1.807) is 0 Å². The van der Waals surface area contributed by atoms with Gasteiger partial charge in [0.25, 0.3) is 0 Å². The molecule has 0 aliphatic carbocycles. The van der Waals surface area contributed by atoms with Gasteiger partial charge in [0.05, 0.1) is 17.4 Å². The normalized spacial score (nSPS) is 14.6. The monoisotopic (exact) mass is 268 g/mol. The molecule has 0 aliphatic heterocycles. The minimum absolute atomic E-state index is 0.426. The van der Waals surface area contributed by atoms with E-state index in [0.717, 1.165) is 18.4 Å². The Kier molecular flexibility index (Phi) is 3.83. The van der Waals surface area contributed by atoms with Crippen LogP contribution in [0, 0.1) is 0 Å². The maximum atomic E-state index is 12.6. The van der Waals surface area contributed by atoms with Crippen LogP contribution in [0.4, 0.5) is 13.2 Å². The van der Waals surface area contributed by atoms with Crippen molar-refractivity contribution in [3.63, 3.8) is 0 Å². The third kappa shape index (κ3) is 4.01. The van der Waals surface area contributed by atoms with Crippen LogP contribution in [0.25, 0.3) is 0 Å². The average molecular weight is 268 g/mol. The lowest BCUT2D eigenvalue weighted by Gasteiger charge is -2.16. The standard InChI is InChI=1S/C10H11F3O3S/c1-17(15,16)6-9(14)7-4-2-3-5-8(7)10(11,12)13/h2-5,9,14H,6H2,1H3. The predicted octanol–water partition coefficient (Wildman–Crippen LogP) is 1.78. The zero-order valence-corrected chi connectivity index (χ0v) is 9.72. The summed E-state index contributed by atoms with van der Waals surface area (Å²) in [4.78, 5) is 0. The molecule has 96 valence electrons. The molecule has 0 radical (unpaired) electrons. The molecular formula is C10H11F3O3S. The lowest BCUT2D eigenvalue weighted by Crippen LogP contribution is -2.17. The quantitative estimate of drug-likeness (QED) is 0.909. The molecule has 1 aromatic carbocycles. The third-order valence-electron chi connectivity index (χ3n) is 2.09. The summed E-state index contributed by atoms with van der Waals surface area (Å²) < 4.78 is 59.6. The number of rotatable bonds is 3. The molecule has 0 aliphatic rings. The van der Waals surface area contributed by atoms with Crippen LogP contribution >= 0.6 is 0 Å². The van der Waals surface area contributed by atoms with Crippen molar-refractivity contribution in [2.75, 3.05) is 12.0 Å². The van der Waals surface area contributed by atoms with E-state index >= 15 is 0 Å². The minimum Gasteiger partial charge on any atom is -0.387 e. The summed E-state index contributed by atoms with van der Waals surface area (Å²) in [5, 5.41) is 9.52. The summed E-state index contributed by atoms with van der Waals surface area (Å²) in [5.74, 6) is -0.736. The van der Waals surface area contributed by atoms with Gasteiger partial charge in [-0.2, -0.15) is 13.2 Å². The van der Waals surface area contributed by atoms with Crippen LogP contribution in [-0.4, -0.2) is 25.5 Å². The smallest absolute Gasteiger partial charge is 0.387 e. The van der Waals surface area contributed by atoms with Crippen LogP contribution in [0.5, 0.6) is 0 Å². The summed E-state index contributed by atoms with van der Waals surface area (Å²) in [6.07, 6.45) is -5.44. The summed E-state index contributed by atoms with van der Waals surface area (Å²) in [5.41, 5.74) is -1.44. The summed E-state index contributed by atoms with van der Waals surface area (Å²) in [7, 11) is -3.55. The Morgan fingerprint density at radius 2 is 1.82 bits per heavy atom. The van der Waals surface area contributed by atoms with Gasteiger partial charge in [-0.3, -0.25) is 0 Å². The van der Waals surface area contributed by atoms with Gasteiger partial charge in [0.2, 0.25) is 0 Å². The second-order valence-electron chi connectivity index (χ2n) is 3.69. The molecule has 1 rings (SSSR count). The van der Waals surface area contributed by atoms with E-state index in [0.29, 0.717) is 0 Å². The Labute approximate surface area is 96.8 Å². The van der Waals surface area contributed by atoms with E-state index in [1.807, 2.05) is 0 Å². The van der Waals surface area contributed by atoms with Gasteiger partial charge in [0.15, 0.2) is 0 Å². The van der Waals surface area contributed by atoms with E-state index < -0.39 is 39.0 Å².